The molecule has 0 aromatic heterocycles. The molecule has 1 aromatic rings. The van der Waals surface area contributed by atoms with Gasteiger partial charge in [-0.1, -0.05) is 32.6 Å². The van der Waals surface area contributed by atoms with E-state index in [0.29, 0.717) is 12.0 Å². The lowest BCUT2D eigenvalue weighted by Gasteiger charge is -2.09. The Bertz CT molecular complexity index is 690. The standard InChI is InChI=1S/C19H20F3N/c1-5-7-13(14-8-16(20)19(22)17(21)9-14)10-23-11-18(23)15(6-2)12(3)4/h6,8-10H,2-3,5,7,11H2,1,4H3/b13-10+,18-15-. The first-order valence-corrected chi connectivity index (χ1v) is 7.52. The maximum absolute atomic E-state index is 13.5. The second-order valence-corrected chi connectivity index (χ2v) is 5.63. The van der Waals surface area contributed by atoms with Gasteiger partial charge in [-0.2, -0.15) is 0 Å². The predicted octanol–water partition coefficient (Wildman–Crippen LogP) is 5.58. The summed E-state index contributed by atoms with van der Waals surface area (Å²) >= 11 is 0. The lowest BCUT2D eigenvalue weighted by molar-refractivity contribution is 0.446. The molecule has 122 valence electrons. The van der Waals surface area contributed by atoms with E-state index in [9.17, 15) is 13.2 Å². The molecule has 23 heavy (non-hydrogen) atoms. The number of hydrogen-bond acceptors (Lipinski definition) is 1. The molecule has 1 saturated heterocycles. The minimum absolute atomic E-state index is 0.366. The van der Waals surface area contributed by atoms with Gasteiger partial charge in [-0.3, -0.25) is 0 Å². The zero-order chi connectivity index (χ0) is 17.1. The van der Waals surface area contributed by atoms with Gasteiger partial charge < -0.3 is 4.90 Å². The predicted molar refractivity (Wildman–Crippen MR) is 87.9 cm³/mol. The van der Waals surface area contributed by atoms with Crippen molar-refractivity contribution in [3.8, 4) is 0 Å². The summed E-state index contributed by atoms with van der Waals surface area (Å²) in [5.41, 5.74) is 4.11. The normalized spacial score (nSPS) is 16.4. The third-order valence-electron chi connectivity index (χ3n) is 3.72. The van der Waals surface area contributed by atoms with Crippen LogP contribution < -0.4 is 0 Å². The topological polar surface area (TPSA) is 3.01 Å². The smallest absolute Gasteiger partial charge is 0.194 e. The van der Waals surface area contributed by atoms with Crippen LogP contribution in [0, 0.1) is 17.5 Å². The minimum Gasteiger partial charge on any atom is -0.343 e. The summed E-state index contributed by atoms with van der Waals surface area (Å²) in [4.78, 5) is 1.98. The van der Waals surface area contributed by atoms with E-state index in [0.717, 1.165) is 47.5 Å². The molecule has 1 aliphatic rings. The van der Waals surface area contributed by atoms with Gasteiger partial charge in [-0.25, -0.2) is 13.2 Å². The van der Waals surface area contributed by atoms with E-state index in [1.165, 1.54) is 0 Å². The van der Waals surface area contributed by atoms with Gasteiger partial charge in [-0.15, -0.1) is 0 Å². The number of hydrogen-bond donors (Lipinski definition) is 0. The van der Waals surface area contributed by atoms with Gasteiger partial charge in [0.15, 0.2) is 17.5 Å². The fraction of sp³-hybridized carbons (Fsp3) is 0.263. The van der Waals surface area contributed by atoms with Crippen LogP contribution in [0.25, 0.3) is 5.57 Å². The zero-order valence-electron chi connectivity index (χ0n) is 13.4. The molecule has 1 heterocycles. The summed E-state index contributed by atoms with van der Waals surface area (Å²) in [7, 11) is 0. The SMILES string of the molecule is C=C/C(C(=C)C)=C1\CN1/C=C(\CCC)c1cc(F)c(F)c(F)c1. The third-order valence-corrected chi connectivity index (χ3v) is 3.72. The highest BCUT2D eigenvalue weighted by molar-refractivity contribution is 5.66. The van der Waals surface area contributed by atoms with Crippen LogP contribution in [0.3, 0.4) is 0 Å². The summed E-state index contributed by atoms with van der Waals surface area (Å²) in [6.07, 6.45) is 5.07. The molecule has 0 amide bonds. The zero-order valence-corrected chi connectivity index (χ0v) is 13.4. The maximum Gasteiger partial charge on any atom is 0.194 e. The average molecular weight is 319 g/mol. The van der Waals surface area contributed by atoms with Gasteiger partial charge in [0, 0.05) is 11.9 Å². The molecule has 1 aromatic carbocycles. The Balaban J connectivity index is 2.37. The molecule has 1 nitrogen and oxygen atoms in total. The quantitative estimate of drug-likeness (QED) is 0.489. The van der Waals surface area contributed by atoms with Crippen LogP contribution in [-0.4, -0.2) is 11.4 Å². The van der Waals surface area contributed by atoms with E-state index >= 15 is 0 Å². The second-order valence-electron chi connectivity index (χ2n) is 5.63. The number of halogens is 3. The van der Waals surface area contributed by atoms with E-state index in [4.69, 9.17) is 0 Å². The van der Waals surface area contributed by atoms with Crippen LogP contribution in [0.5, 0.6) is 0 Å². The molecule has 0 saturated carbocycles. The Kier molecular flexibility index (Phi) is 5.14. The molecule has 0 N–H and O–H groups in total. The van der Waals surface area contributed by atoms with Crippen LogP contribution >= 0.6 is 0 Å². The first kappa shape index (κ1) is 17.1. The number of allylic oxidation sites excluding steroid dienone is 4. The Hall–Kier alpha value is -2.23. The van der Waals surface area contributed by atoms with Crippen molar-refractivity contribution in [2.45, 2.75) is 26.7 Å². The number of benzene rings is 1. The van der Waals surface area contributed by atoms with Crippen molar-refractivity contribution in [2.75, 3.05) is 6.54 Å². The summed E-state index contributed by atoms with van der Waals surface area (Å²) < 4.78 is 40.1. The fourth-order valence-electron chi connectivity index (χ4n) is 2.51. The van der Waals surface area contributed by atoms with E-state index < -0.39 is 17.5 Å². The van der Waals surface area contributed by atoms with Crippen LogP contribution in [-0.2, 0) is 0 Å². The summed E-state index contributed by atoms with van der Waals surface area (Å²) in [5.74, 6) is -3.78. The van der Waals surface area contributed by atoms with Crippen molar-refractivity contribution >= 4 is 5.57 Å². The van der Waals surface area contributed by atoms with Crippen molar-refractivity contribution in [1.82, 2.24) is 4.90 Å². The van der Waals surface area contributed by atoms with Crippen molar-refractivity contribution < 1.29 is 13.2 Å². The lowest BCUT2D eigenvalue weighted by Crippen LogP contribution is -1.96. The van der Waals surface area contributed by atoms with Crippen molar-refractivity contribution in [1.29, 1.82) is 0 Å². The number of nitrogens with zero attached hydrogens (tertiary/aromatic N) is 1. The Morgan fingerprint density at radius 3 is 2.35 bits per heavy atom. The Labute approximate surface area is 135 Å². The Morgan fingerprint density at radius 2 is 1.87 bits per heavy atom. The van der Waals surface area contributed by atoms with Gasteiger partial charge in [0.1, 0.15) is 0 Å². The molecule has 0 radical (unpaired) electrons. The molecule has 4 heteroatoms. The fourth-order valence-corrected chi connectivity index (χ4v) is 2.51. The molecule has 2 rings (SSSR count). The van der Waals surface area contributed by atoms with Gasteiger partial charge in [-0.05, 0) is 47.8 Å². The second kappa shape index (κ2) is 6.90. The van der Waals surface area contributed by atoms with E-state index in [2.05, 4.69) is 13.2 Å². The number of rotatable bonds is 6. The first-order valence-electron chi connectivity index (χ1n) is 7.52. The highest BCUT2D eigenvalue weighted by Crippen LogP contribution is 2.34. The Morgan fingerprint density at radius 1 is 1.26 bits per heavy atom. The van der Waals surface area contributed by atoms with Crippen LogP contribution in [0.15, 0.2) is 54.4 Å². The van der Waals surface area contributed by atoms with E-state index in [1.807, 2.05) is 24.9 Å². The highest BCUT2D eigenvalue weighted by Gasteiger charge is 2.27. The molecule has 0 spiro atoms. The van der Waals surface area contributed by atoms with Crippen LogP contribution in [0.4, 0.5) is 13.2 Å². The van der Waals surface area contributed by atoms with Gasteiger partial charge >= 0.3 is 0 Å². The molecule has 1 aliphatic heterocycles. The van der Waals surface area contributed by atoms with Crippen LogP contribution in [0.2, 0.25) is 0 Å². The minimum atomic E-state index is -1.44. The summed E-state index contributed by atoms with van der Waals surface area (Å²) in [5, 5.41) is 0. The van der Waals surface area contributed by atoms with Gasteiger partial charge in [0.05, 0.1) is 6.54 Å². The lowest BCUT2D eigenvalue weighted by atomic mass is 10.0. The molecule has 0 aliphatic carbocycles. The van der Waals surface area contributed by atoms with E-state index in [1.54, 1.807) is 6.08 Å². The monoisotopic (exact) mass is 319 g/mol. The summed E-state index contributed by atoms with van der Waals surface area (Å²) in [6.45, 7) is 12.3. The van der Waals surface area contributed by atoms with Gasteiger partial charge in [0.25, 0.3) is 0 Å². The van der Waals surface area contributed by atoms with Crippen LogP contribution in [0.1, 0.15) is 32.3 Å². The molecule has 0 unspecified atom stereocenters. The molecule has 1 fully saturated rings. The highest BCUT2D eigenvalue weighted by atomic mass is 19.2. The average Bonchev–Trinajstić information content (AvgIpc) is 3.23. The molecule has 0 atom stereocenters. The first-order chi connectivity index (χ1) is 10.9. The molecular weight excluding hydrogens is 299 g/mol. The summed E-state index contributed by atoms with van der Waals surface area (Å²) in [6, 6.07) is 2.08. The van der Waals surface area contributed by atoms with Crippen molar-refractivity contribution in [2.24, 2.45) is 0 Å². The maximum atomic E-state index is 13.5. The van der Waals surface area contributed by atoms with Gasteiger partial charge in [0.2, 0.25) is 0 Å². The van der Waals surface area contributed by atoms with Crippen molar-refractivity contribution in [3.05, 3.63) is 77.4 Å². The molecule has 0 bridgehead atoms. The van der Waals surface area contributed by atoms with E-state index in [-0.39, 0.29) is 0 Å². The molecular formula is C19H20F3N. The van der Waals surface area contributed by atoms with Crippen molar-refractivity contribution in [3.63, 3.8) is 0 Å². The third kappa shape index (κ3) is 3.76. The largest absolute Gasteiger partial charge is 0.343 e.